The number of benzene rings is 3. The topological polar surface area (TPSA) is 38.0 Å². The van der Waals surface area contributed by atoms with Gasteiger partial charge in [-0.15, -0.1) is 0 Å². The number of aliphatic hydroxyl groups excluding tert-OH is 1. The summed E-state index contributed by atoms with van der Waals surface area (Å²) in [6, 6.07) is 21.7. The van der Waals surface area contributed by atoms with Crippen molar-refractivity contribution < 1.29 is 5.11 Å². The molecule has 0 spiro atoms. The Morgan fingerprint density at radius 2 is 1.70 bits per heavy atom. The second-order valence-corrected chi connectivity index (χ2v) is 5.91. The van der Waals surface area contributed by atoms with Gasteiger partial charge in [0.05, 0.1) is 23.7 Å². The number of hydrogen-bond acceptors (Lipinski definition) is 2. The van der Waals surface area contributed by atoms with Gasteiger partial charge in [-0.25, -0.2) is 4.98 Å². The van der Waals surface area contributed by atoms with Crippen molar-refractivity contribution >= 4 is 33.4 Å². The van der Waals surface area contributed by atoms with Crippen LogP contribution in [0.3, 0.4) is 0 Å². The molecule has 0 fully saturated rings. The van der Waals surface area contributed by atoms with Crippen molar-refractivity contribution in [3.05, 3.63) is 77.6 Å². The molecule has 4 rings (SSSR count). The van der Waals surface area contributed by atoms with Crippen molar-refractivity contribution in [1.82, 2.24) is 9.55 Å². The summed E-state index contributed by atoms with van der Waals surface area (Å²) in [6.45, 7) is 0.373. The maximum absolute atomic E-state index is 10.5. The molecule has 0 saturated carbocycles. The summed E-state index contributed by atoms with van der Waals surface area (Å²) in [5.41, 5.74) is 2.67. The molecule has 23 heavy (non-hydrogen) atoms. The van der Waals surface area contributed by atoms with Gasteiger partial charge in [0.25, 0.3) is 0 Å². The first-order valence-corrected chi connectivity index (χ1v) is 7.88. The average Bonchev–Trinajstić information content (AvgIpc) is 2.92. The lowest BCUT2D eigenvalue weighted by Crippen LogP contribution is -2.08. The molecule has 0 aliphatic rings. The maximum Gasteiger partial charge on any atom is 0.203 e. The first kappa shape index (κ1) is 14.2. The predicted octanol–water partition coefficient (Wildman–Crippen LogP) is 4.58. The van der Waals surface area contributed by atoms with E-state index in [2.05, 4.69) is 17.1 Å². The first-order valence-electron chi connectivity index (χ1n) is 7.50. The summed E-state index contributed by atoms with van der Waals surface area (Å²) in [4.78, 5) is 4.51. The Morgan fingerprint density at radius 3 is 2.52 bits per heavy atom. The molecule has 3 aromatic carbocycles. The fourth-order valence-electron chi connectivity index (χ4n) is 2.96. The van der Waals surface area contributed by atoms with E-state index >= 15 is 0 Å². The maximum atomic E-state index is 10.5. The van der Waals surface area contributed by atoms with E-state index in [1.54, 1.807) is 0 Å². The van der Waals surface area contributed by atoms with Gasteiger partial charge in [-0.2, -0.15) is 0 Å². The van der Waals surface area contributed by atoms with Crippen molar-refractivity contribution in [2.45, 2.75) is 12.6 Å². The predicted molar refractivity (Wildman–Crippen MR) is 93.7 cm³/mol. The van der Waals surface area contributed by atoms with Crippen LogP contribution in [0.4, 0.5) is 0 Å². The lowest BCUT2D eigenvalue weighted by Gasteiger charge is -2.13. The minimum atomic E-state index is -0.627. The van der Waals surface area contributed by atoms with Gasteiger partial charge in [0.2, 0.25) is 5.28 Å². The Hall–Kier alpha value is -2.36. The highest BCUT2D eigenvalue weighted by atomic mass is 35.5. The summed E-state index contributed by atoms with van der Waals surface area (Å²) in [5.74, 6) is 0. The lowest BCUT2D eigenvalue weighted by atomic mass is 10.1. The number of aromatic nitrogens is 2. The number of imidazole rings is 1. The van der Waals surface area contributed by atoms with Gasteiger partial charge in [0.1, 0.15) is 0 Å². The van der Waals surface area contributed by atoms with Gasteiger partial charge < -0.3 is 9.67 Å². The first-order chi connectivity index (χ1) is 11.2. The molecule has 0 radical (unpaired) electrons. The highest BCUT2D eigenvalue weighted by molar-refractivity contribution is 6.29. The zero-order chi connectivity index (χ0) is 15.8. The normalized spacial score (nSPS) is 12.8. The molecule has 0 bridgehead atoms. The molecule has 4 aromatic rings. The Bertz CT molecular complexity index is 979. The third kappa shape index (κ3) is 2.48. The quantitative estimate of drug-likeness (QED) is 0.599. The SMILES string of the molecule is O[C@H](Cn1c(Cl)nc2c3ccccc3ccc21)c1ccccc1. The van der Waals surface area contributed by atoms with Gasteiger partial charge >= 0.3 is 0 Å². The van der Waals surface area contributed by atoms with Gasteiger partial charge in [0.15, 0.2) is 0 Å². The number of aliphatic hydroxyl groups is 1. The highest BCUT2D eigenvalue weighted by Crippen LogP contribution is 2.29. The summed E-state index contributed by atoms with van der Waals surface area (Å²) < 4.78 is 1.86. The van der Waals surface area contributed by atoms with E-state index in [1.165, 1.54) is 0 Å². The Balaban J connectivity index is 1.81. The summed E-state index contributed by atoms with van der Waals surface area (Å²) in [6.07, 6.45) is -0.627. The van der Waals surface area contributed by atoms with E-state index in [4.69, 9.17) is 11.6 Å². The van der Waals surface area contributed by atoms with Crippen LogP contribution in [0.25, 0.3) is 21.8 Å². The summed E-state index contributed by atoms with van der Waals surface area (Å²) in [7, 11) is 0. The second-order valence-electron chi connectivity index (χ2n) is 5.57. The number of fused-ring (bicyclic) bond motifs is 3. The zero-order valence-corrected chi connectivity index (χ0v) is 13.1. The van der Waals surface area contributed by atoms with Gasteiger partial charge in [-0.05, 0) is 28.6 Å². The molecule has 114 valence electrons. The number of hydrogen-bond donors (Lipinski definition) is 1. The van der Waals surface area contributed by atoms with E-state index in [1.807, 2.05) is 59.2 Å². The molecular weight excluding hydrogens is 308 g/mol. The van der Waals surface area contributed by atoms with E-state index < -0.39 is 6.10 Å². The minimum absolute atomic E-state index is 0.373. The number of nitrogens with zero attached hydrogens (tertiary/aromatic N) is 2. The molecule has 0 aliphatic carbocycles. The van der Waals surface area contributed by atoms with Crippen molar-refractivity contribution in [3.63, 3.8) is 0 Å². The van der Waals surface area contributed by atoms with Crippen LogP contribution >= 0.6 is 11.6 Å². The molecule has 1 heterocycles. The van der Waals surface area contributed by atoms with Crippen LogP contribution in [-0.2, 0) is 6.54 Å². The monoisotopic (exact) mass is 322 g/mol. The van der Waals surface area contributed by atoms with E-state index in [0.717, 1.165) is 27.4 Å². The molecule has 4 heteroatoms. The number of rotatable bonds is 3. The standard InChI is InChI=1S/C19H15ClN2O/c20-19-21-18-15-9-5-4-6-13(15)10-11-16(18)22(19)12-17(23)14-7-2-1-3-8-14/h1-11,17,23H,12H2/t17-/m1/s1. The number of halogens is 1. The molecule has 1 N–H and O–H groups in total. The lowest BCUT2D eigenvalue weighted by molar-refractivity contribution is 0.158. The minimum Gasteiger partial charge on any atom is -0.387 e. The third-order valence-corrected chi connectivity index (χ3v) is 4.43. The van der Waals surface area contributed by atoms with Gasteiger partial charge in [-0.3, -0.25) is 0 Å². The van der Waals surface area contributed by atoms with Crippen LogP contribution in [0, 0.1) is 0 Å². The van der Waals surface area contributed by atoms with Crippen molar-refractivity contribution in [2.75, 3.05) is 0 Å². The van der Waals surface area contributed by atoms with E-state index in [9.17, 15) is 5.11 Å². The largest absolute Gasteiger partial charge is 0.387 e. The molecule has 1 atom stereocenters. The molecular formula is C19H15ClN2O. The van der Waals surface area contributed by atoms with Crippen molar-refractivity contribution in [3.8, 4) is 0 Å². The van der Waals surface area contributed by atoms with Crippen LogP contribution in [0.15, 0.2) is 66.7 Å². The smallest absolute Gasteiger partial charge is 0.203 e. The van der Waals surface area contributed by atoms with Crippen LogP contribution in [0.1, 0.15) is 11.7 Å². The fourth-order valence-corrected chi connectivity index (χ4v) is 3.20. The van der Waals surface area contributed by atoms with Crippen LogP contribution in [-0.4, -0.2) is 14.7 Å². The molecule has 0 saturated heterocycles. The summed E-state index contributed by atoms with van der Waals surface area (Å²) in [5, 5.41) is 13.1. The fraction of sp³-hybridized carbons (Fsp3) is 0.105. The average molecular weight is 323 g/mol. The van der Waals surface area contributed by atoms with Crippen LogP contribution < -0.4 is 0 Å². The van der Waals surface area contributed by atoms with Crippen molar-refractivity contribution in [2.24, 2.45) is 0 Å². The second kappa shape index (κ2) is 5.69. The Kier molecular flexibility index (Phi) is 3.52. The molecule has 0 amide bonds. The van der Waals surface area contributed by atoms with Gasteiger partial charge in [0, 0.05) is 5.39 Å². The molecule has 1 aromatic heterocycles. The Labute approximate surface area is 138 Å². The van der Waals surface area contributed by atoms with Gasteiger partial charge in [-0.1, -0.05) is 60.7 Å². The third-order valence-electron chi connectivity index (χ3n) is 4.14. The van der Waals surface area contributed by atoms with E-state index in [0.29, 0.717) is 11.8 Å². The zero-order valence-electron chi connectivity index (χ0n) is 12.4. The highest BCUT2D eigenvalue weighted by Gasteiger charge is 2.15. The van der Waals surface area contributed by atoms with Crippen LogP contribution in [0.2, 0.25) is 5.28 Å². The molecule has 0 aliphatic heterocycles. The Morgan fingerprint density at radius 1 is 0.957 bits per heavy atom. The summed E-state index contributed by atoms with van der Waals surface area (Å²) >= 11 is 6.34. The van der Waals surface area contributed by atoms with Crippen LogP contribution in [0.5, 0.6) is 0 Å². The molecule has 3 nitrogen and oxygen atoms in total. The van der Waals surface area contributed by atoms with Crippen molar-refractivity contribution in [1.29, 1.82) is 0 Å². The van der Waals surface area contributed by atoms with E-state index in [-0.39, 0.29) is 0 Å². The molecule has 0 unspecified atom stereocenters.